The third-order valence-corrected chi connectivity index (χ3v) is 3.17. The maximum atomic E-state index is 12.4. The van der Waals surface area contributed by atoms with Gasteiger partial charge in [0.25, 0.3) is 5.91 Å². The lowest BCUT2D eigenvalue weighted by Gasteiger charge is -2.22. The molecule has 0 saturated heterocycles. The van der Waals surface area contributed by atoms with Crippen molar-refractivity contribution in [3.63, 3.8) is 0 Å². The summed E-state index contributed by atoms with van der Waals surface area (Å²) in [7, 11) is 0. The van der Waals surface area contributed by atoms with Crippen molar-refractivity contribution < 1.29 is 9.59 Å². The minimum absolute atomic E-state index is 0.0258. The van der Waals surface area contributed by atoms with E-state index in [-0.39, 0.29) is 11.8 Å². The highest BCUT2D eigenvalue weighted by molar-refractivity contribution is 5.92. The van der Waals surface area contributed by atoms with Gasteiger partial charge in [0.15, 0.2) is 0 Å². The van der Waals surface area contributed by atoms with Crippen molar-refractivity contribution in [2.45, 2.75) is 40.0 Å². The minimum Gasteiger partial charge on any atom is -0.356 e. The van der Waals surface area contributed by atoms with Gasteiger partial charge in [-0.25, -0.2) is 4.98 Å². The zero-order valence-corrected chi connectivity index (χ0v) is 13.7. The summed E-state index contributed by atoms with van der Waals surface area (Å²) in [5.41, 5.74) is 0.321. The van der Waals surface area contributed by atoms with E-state index in [1.54, 1.807) is 4.90 Å². The van der Waals surface area contributed by atoms with E-state index in [0.717, 1.165) is 12.8 Å². The van der Waals surface area contributed by atoms with Gasteiger partial charge in [0.1, 0.15) is 5.69 Å². The van der Waals surface area contributed by atoms with Crippen molar-refractivity contribution in [3.8, 4) is 0 Å². The molecule has 0 fully saturated rings. The lowest BCUT2D eigenvalue weighted by atomic mass is 10.2. The molecular weight excluding hydrogens is 280 g/mol. The van der Waals surface area contributed by atoms with Crippen LogP contribution in [0.5, 0.6) is 0 Å². The first-order chi connectivity index (χ1) is 10.5. The van der Waals surface area contributed by atoms with Gasteiger partial charge >= 0.3 is 0 Å². The van der Waals surface area contributed by atoms with Gasteiger partial charge in [-0.3, -0.25) is 14.6 Å². The highest BCUT2D eigenvalue weighted by atomic mass is 16.2. The molecule has 22 heavy (non-hydrogen) atoms. The summed E-state index contributed by atoms with van der Waals surface area (Å²) in [6.45, 7) is 7.85. The number of hydrogen-bond donors (Lipinski definition) is 1. The topological polar surface area (TPSA) is 75.2 Å². The Morgan fingerprint density at radius 2 is 2.05 bits per heavy atom. The molecule has 0 saturated carbocycles. The van der Waals surface area contributed by atoms with E-state index in [1.807, 2.05) is 13.8 Å². The molecule has 6 nitrogen and oxygen atoms in total. The maximum absolute atomic E-state index is 12.4. The summed E-state index contributed by atoms with van der Waals surface area (Å²) in [5, 5.41) is 2.87. The van der Waals surface area contributed by atoms with Crippen LogP contribution in [0.25, 0.3) is 0 Å². The molecule has 122 valence electrons. The fraction of sp³-hybridized carbons (Fsp3) is 0.625. The van der Waals surface area contributed by atoms with Crippen LogP contribution in [-0.2, 0) is 4.79 Å². The summed E-state index contributed by atoms with van der Waals surface area (Å²) in [6.07, 6.45) is 6.69. The molecule has 0 radical (unpaired) electrons. The minimum atomic E-state index is -0.168. The molecule has 0 unspecified atom stereocenters. The van der Waals surface area contributed by atoms with Gasteiger partial charge in [-0.2, -0.15) is 0 Å². The Balaban J connectivity index is 2.57. The molecule has 0 atom stereocenters. The van der Waals surface area contributed by atoms with E-state index in [0.29, 0.717) is 37.7 Å². The van der Waals surface area contributed by atoms with E-state index >= 15 is 0 Å². The number of rotatable bonds is 9. The maximum Gasteiger partial charge on any atom is 0.274 e. The molecule has 0 aliphatic rings. The SMILES string of the molecule is CCCCN(CCC(=O)NCC(C)C)C(=O)c1cnccn1. The van der Waals surface area contributed by atoms with E-state index in [4.69, 9.17) is 0 Å². The molecule has 0 bridgehead atoms. The van der Waals surface area contributed by atoms with E-state index in [9.17, 15) is 9.59 Å². The number of nitrogens with zero attached hydrogens (tertiary/aromatic N) is 3. The summed E-state index contributed by atoms with van der Waals surface area (Å²) < 4.78 is 0. The van der Waals surface area contributed by atoms with Crippen LogP contribution in [0.2, 0.25) is 0 Å². The normalized spacial score (nSPS) is 10.5. The van der Waals surface area contributed by atoms with Crippen LogP contribution >= 0.6 is 0 Å². The van der Waals surface area contributed by atoms with Crippen LogP contribution in [-0.4, -0.2) is 46.3 Å². The van der Waals surface area contributed by atoms with E-state index in [1.165, 1.54) is 18.6 Å². The standard InChI is InChI=1S/C16H26N4O2/c1-4-5-9-20(10-6-15(21)19-11-13(2)3)16(22)14-12-17-7-8-18-14/h7-8,12-13H,4-6,9-11H2,1-3H3,(H,19,21). The van der Waals surface area contributed by atoms with Crippen molar-refractivity contribution >= 4 is 11.8 Å². The Labute approximate surface area is 132 Å². The van der Waals surface area contributed by atoms with Gasteiger partial charge < -0.3 is 10.2 Å². The summed E-state index contributed by atoms with van der Waals surface area (Å²) in [4.78, 5) is 33.9. The van der Waals surface area contributed by atoms with Crippen molar-refractivity contribution in [2.75, 3.05) is 19.6 Å². The molecule has 2 amide bonds. The molecule has 1 aromatic rings. The third kappa shape index (κ3) is 6.65. The number of aromatic nitrogens is 2. The number of carbonyl (C=O) groups excluding carboxylic acids is 2. The molecule has 1 aromatic heterocycles. The van der Waals surface area contributed by atoms with Crippen LogP contribution in [0.1, 0.15) is 50.5 Å². The average Bonchev–Trinajstić information content (AvgIpc) is 2.53. The molecule has 0 aliphatic carbocycles. The first-order valence-corrected chi connectivity index (χ1v) is 7.86. The lowest BCUT2D eigenvalue weighted by molar-refractivity contribution is -0.121. The number of amides is 2. The Morgan fingerprint density at radius 3 is 2.64 bits per heavy atom. The monoisotopic (exact) mass is 306 g/mol. The molecule has 0 spiro atoms. The predicted octanol–water partition coefficient (Wildman–Crippen LogP) is 1.88. The second-order valence-corrected chi connectivity index (χ2v) is 5.68. The zero-order chi connectivity index (χ0) is 16.4. The van der Waals surface area contributed by atoms with E-state index < -0.39 is 0 Å². The zero-order valence-electron chi connectivity index (χ0n) is 13.7. The smallest absolute Gasteiger partial charge is 0.274 e. The van der Waals surface area contributed by atoms with Gasteiger partial charge in [0, 0.05) is 38.4 Å². The van der Waals surface area contributed by atoms with Gasteiger partial charge in [0.2, 0.25) is 5.91 Å². The van der Waals surface area contributed by atoms with Gasteiger partial charge in [0.05, 0.1) is 6.20 Å². The second kappa shape index (κ2) is 9.87. The van der Waals surface area contributed by atoms with Crippen LogP contribution in [0.3, 0.4) is 0 Å². The van der Waals surface area contributed by atoms with Crippen molar-refractivity contribution in [3.05, 3.63) is 24.3 Å². The number of nitrogens with one attached hydrogen (secondary N) is 1. The Hall–Kier alpha value is -1.98. The molecule has 1 rings (SSSR count). The fourth-order valence-corrected chi connectivity index (χ4v) is 1.88. The lowest BCUT2D eigenvalue weighted by Crippen LogP contribution is -2.37. The number of carbonyl (C=O) groups is 2. The van der Waals surface area contributed by atoms with Crippen molar-refractivity contribution in [2.24, 2.45) is 5.92 Å². The summed E-state index contributed by atoms with van der Waals surface area (Å²) in [6, 6.07) is 0. The van der Waals surface area contributed by atoms with Crippen LogP contribution in [0, 0.1) is 5.92 Å². The van der Waals surface area contributed by atoms with Gasteiger partial charge in [-0.15, -0.1) is 0 Å². The fourth-order valence-electron chi connectivity index (χ4n) is 1.88. The van der Waals surface area contributed by atoms with Crippen LogP contribution in [0.15, 0.2) is 18.6 Å². The summed E-state index contributed by atoms with van der Waals surface area (Å²) >= 11 is 0. The predicted molar refractivity (Wildman–Crippen MR) is 85.3 cm³/mol. The number of hydrogen-bond acceptors (Lipinski definition) is 4. The summed E-state index contributed by atoms with van der Waals surface area (Å²) in [5.74, 6) is 0.224. The molecule has 1 N–H and O–H groups in total. The third-order valence-electron chi connectivity index (χ3n) is 3.17. The first-order valence-electron chi connectivity index (χ1n) is 7.86. The van der Waals surface area contributed by atoms with Crippen LogP contribution in [0.4, 0.5) is 0 Å². The van der Waals surface area contributed by atoms with Gasteiger partial charge in [-0.1, -0.05) is 27.2 Å². The Morgan fingerprint density at radius 1 is 1.27 bits per heavy atom. The van der Waals surface area contributed by atoms with E-state index in [2.05, 4.69) is 22.2 Å². The number of unbranched alkanes of at least 4 members (excludes halogenated alkanes) is 1. The molecule has 0 aliphatic heterocycles. The first kappa shape index (κ1) is 18.1. The second-order valence-electron chi connectivity index (χ2n) is 5.68. The van der Waals surface area contributed by atoms with Crippen molar-refractivity contribution in [1.82, 2.24) is 20.2 Å². The Kier molecular flexibility index (Phi) is 8.10. The molecular formula is C16H26N4O2. The molecule has 1 heterocycles. The molecule has 0 aromatic carbocycles. The van der Waals surface area contributed by atoms with Crippen molar-refractivity contribution in [1.29, 1.82) is 0 Å². The highest BCUT2D eigenvalue weighted by Gasteiger charge is 2.17. The van der Waals surface area contributed by atoms with Crippen LogP contribution < -0.4 is 5.32 Å². The quantitative estimate of drug-likeness (QED) is 0.756. The average molecular weight is 306 g/mol. The Bertz CT molecular complexity index is 462. The molecule has 6 heteroatoms. The highest BCUT2D eigenvalue weighted by Crippen LogP contribution is 2.04. The van der Waals surface area contributed by atoms with Gasteiger partial charge in [-0.05, 0) is 12.3 Å². The largest absolute Gasteiger partial charge is 0.356 e.